The highest BCUT2D eigenvalue weighted by Crippen LogP contribution is 2.31. The summed E-state index contributed by atoms with van der Waals surface area (Å²) in [5.74, 6) is 2.21. The first-order valence-electron chi connectivity index (χ1n) is 4.66. The van der Waals surface area contributed by atoms with Crippen molar-refractivity contribution in [3.05, 3.63) is 0 Å². The van der Waals surface area contributed by atoms with Crippen LogP contribution in [0.15, 0.2) is 0 Å². The lowest BCUT2D eigenvalue weighted by atomic mass is 9.99. The molecule has 1 fully saturated rings. The van der Waals surface area contributed by atoms with E-state index in [4.69, 9.17) is 5.73 Å². The molecule has 2 heteroatoms. The second-order valence-corrected chi connectivity index (χ2v) is 4.81. The summed E-state index contributed by atoms with van der Waals surface area (Å²) in [6, 6.07) is 0. The predicted molar refractivity (Wildman–Crippen MR) is 52.9 cm³/mol. The minimum Gasteiger partial charge on any atom is -0.330 e. The molecule has 66 valence electrons. The van der Waals surface area contributed by atoms with Gasteiger partial charge in [-0.05, 0) is 37.5 Å². The second-order valence-electron chi connectivity index (χ2n) is 3.46. The van der Waals surface area contributed by atoms with Crippen LogP contribution in [0.4, 0.5) is 0 Å². The number of hydrogen-bond donors (Lipinski definition) is 1. The monoisotopic (exact) mass is 173 g/mol. The third-order valence-corrected chi connectivity index (χ3v) is 4.12. The summed E-state index contributed by atoms with van der Waals surface area (Å²) in [7, 11) is 0. The fourth-order valence-corrected chi connectivity index (χ4v) is 3.13. The van der Waals surface area contributed by atoms with Crippen molar-refractivity contribution >= 4 is 11.8 Å². The first kappa shape index (κ1) is 9.40. The fraction of sp³-hybridized carbons (Fsp3) is 1.00. The van der Waals surface area contributed by atoms with Gasteiger partial charge in [-0.2, -0.15) is 11.8 Å². The average Bonchev–Trinajstić information content (AvgIpc) is 2.07. The molecule has 11 heavy (non-hydrogen) atoms. The van der Waals surface area contributed by atoms with Gasteiger partial charge in [0.05, 0.1) is 0 Å². The summed E-state index contributed by atoms with van der Waals surface area (Å²) >= 11 is 2.16. The highest BCUT2D eigenvalue weighted by molar-refractivity contribution is 7.99. The maximum absolute atomic E-state index is 5.53. The van der Waals surface area contributed by atoms with E-state index in [0.717, 1.165) is 17.7 Å². The Hall–Kier alpha value is 0.310. The van der Waals surface area contributed by atoms with Gasteiger partial charge in [-0.15, -0.1) is 0 Å². The van der Waals surface area contributed by atoms with E-state index in [1.165, 1.54) is 31.4 Å². The van der Waals surface area contributed by atoms with Crippen molar-refractivity contribution in [1.82, 2.24) is 0 Å². The standard InChI is InChI=1S/C9H19NS/c1-8(5-6-10)9-4-2-3-7-11-9/h8-9H,2-7,10H2,1H3. The first-order valence-corrected chi connectivity index (χ1v) is 5.71. The van der Waals surface area contributed by atoms with E-state index in [2.05, 4.69) is 18.7 Å². The molecular weight excluding hydrogens is 154 g/mol. The van der Waals surface area contributed by atoms with Crippen LogP contribution in [-0.2, 0) is 0 Å². The fourth-order valence-electron chi connectivity index (χ4n) is 1.66. The predicted octanol–water partition coefficient (Wildman–Crippen LogP) is 2.26. The molecule has 2 unspecified atom stereocenters. The van der Waals surface area contributed by atoms with Gasteiger partial charge in [-0.1, -0.05) is 13.3 Å². The average molecular weight is 173 g/mol. The van der Waals surface area contributed by atoms with Gasteiger partial charge < -0.3 is 5.73 Å². The molecule has 0 saturated carbocycles. The summed E-state index contributed by atoms with van der Waals surface area (Å²) in [6.45, 7) is 3.20. The van der Waals surface area contributed by atoms with Crippen molar-refractivity contribution in [2.75, 3.05) is 12.3 Å². The van der Waals surface area contributed by atoms with E-state index in [1.54, 1.807) is 0 Å². The molecule has 1 saturated heterocycles. The Balaban J connectivity index is 2.21. The molecule has 0 amide bonds. The summed E-state index contributed by atoms with van der Waals surface area (Å²) in [5, 5.41) is 0.910. The molecule has 0 aromatic rings. The Morgan fingerprint density at radius 3 is 2.91 bits per heavy atom. The lowest BCUT2D eigenvalue weighted by Gasteiger charge is -2.26. The third-order valence-electron chi connectivity index (χ3n) is 2.47. The van der Waals surface area contributed by atoms with Crippen molar-refractivity contribution < 1.29 is 0 Å². The Kier molecular flexibility index (Phi) is 4.31. The zero-order chi connectivity index (χ0) is 8.10. The molecule has 1 aliphatic rings. The van der Waals surface area contributed by atoms with Gasteiger partial charge in [-0.25, -0.2) is 0 Å². The molecule has 1 heterocycles. The van der Waals surface area contributed by atoms with Crippen molar-refractivity contribution in [3.63, 3.8) is 0 Å². The van der Waals surface area contributed by atoms with Crippen LogP contribution < -0.4 is 5.73 Å². The quantitative estimate of drug-likeness (QED) is 0.708. The summed E-state index contributed by atoms with van der Waals surface area (Å²) < 4.78 is 0. The Labute approximate surface area is 74.1 Å². The van der Waals surface area contributed by atoms with Gasteiger partial charge in [0, 0.05) is 5.25 Å². The molecule has 0 bridgehead atoms. The van der Waals surface area contributed by atoms with Crippen LogP contribution in [0, 0.1) is 5.92 Å². The summed E-state index contributed by atoms with van der Waals surface area (Å²) in [5.41, 5.74) is 5.53. The van der Waals surface area contributed by atoms with Gasteiger partial charge >= 0.3 is 0 Å². The second kappa shape index (κ2) is 5.04. The zero-order valence-corrected chi connectivity index (χ0v) is 8.20. The number of hydrogen-bond acceptors (Lipinski definition) is 2. The highest BCUT2D eigenvalue weighted by atomic mass is 32.2. The molecular formula is C9H19NS. The Bertz CT molecular complexity index is 99.7. The van der Waals surface area contributed by atoms with Gasteiger partial charge in [0.15, 0.2) is 0 Å². The maximum Gasteiger partial charge on any atom is 0.00731 e. The van der Waals surface area contributed by atoms with Crippen LogP contribution in [0.2, 0.25) is 0 Å². The molecule has 0 aliphatic carbocycles. The van der Waals surface area contributed by atoms with Gasteiger partial charge in [-0.3, -0.25) is 0 Å². The van der Waals surface area contributed by atoms with Crippen LogP contribution in [0.25, 0.3) is 0 Å². The van der Waals surface area contributed by atoms with E-state index < -0.39 is 0 Å². The topological polar surface area (TPSA) is 26.0 Å². The minimum absolute atomic E-state index is 0.838. The minimum atomic E-state index is 0.838. The van der Waals surface area contributed by atoms with Gasteiger partial charge in [0.25, 0.3) is 0 Å². The molecule has 1 nitrogen and oxygen atoms in total. The SMILES string of the molecule is CC(CCN)C1CCCCS1. The zero-order valence-electron chi connectivity index (χ0n) is 7.38. The van der Waals surface area contributed by atoms with Gasteiger partial charge in [0.2, 0.25) is 0 Å². The lowest BCUT2D eigenvalue weighted by molar-refractivity contribution is 0.476. The first-order chi connectivity index (χ1) is 5.34. The summed E-state index contributed by atoms with van der Waals surface area (Å²) in [4.78, 5) is 0. The third kappa shape index (κ3) is 3.04. The van der Waals surface area contributed by atoms with Crippen molar-refractivity contribution in [3.8, 4) is 0 Å². The number of nitrogens with two attached hydrogens (primary N) is 1. The Morgan fingerprint density at radius 1 is 1.55 bits per heavy atom. The van der Waals surface area contributed by atoms with E-state index in [-0.39, 0.29) is 0 Å². The van der Waals surface area contributed by atoms with Crippen LogP contribution in [0.1, 0.15) is 32.6 Å². The molecule has 2 atom stereocenters. The van der Waals surface area contributed by atoms with E-state index in [9.17, 15) is 0 Å². The van der Waals surface area contributed by atoms with E-state index >= 15 is 0 Å². The highest BCUT2D eigenvalue weighted by Gasteiger charge is 2.19. The van der Waals surface area contributed by atoms with Crippen LogP contribution in [-0.4, -0.2) is 17.5 Å². The van der Waals surface area contributed by atoms with Crippen LogP contribution in [0.5, 0.6) is 0 Å². The molecule has 0 spiro atoms. The van der Waals surface area contributed by atoms with Crippen LogP contribution in [0.3, 0.4) is 0 Å². The largest absolute Gasteiger partial charge is 0.330 e. The molecule has 0 radical (unpaired) electrons. The van der Waals surface area contributed by atoms with Crippen molar-refractivity contribution in [1.29, 1.82) is 0 Å². The molecule has 0 aromatic heterocycles. The molecule has 1 aliphatic heterocycles. The van der Waals surface area contributed by atoms with E-state index in [1.807, 2.05) is 0 Å². The molecule has 0 aromatic carbocycles. The maximum atomic E-state index is 5.53. The normalized spacial score (nSPS) is 28.4. The Morgan fingerprint density at radius 2 is 2.36 bits per heavy atom. The van der Waals surface area contributed by atoms with Crippen molar-refractivity contribution in [2.45, 2.75) is 37.9 Å². The molecule has 1 rings (SSSR count). The van der Waals surface area contributed by atoms with E-state index in [0.29, 0.717) is 0 Å². The van der Waals surface area contributed by atoms with Gasteiger partial charge in [0.1, 0.15) is 0 Å². The van der Waals surface area contributed by atoms with Crippen LogP contribution >= 0.6 is 11.8 Å². The number of rotatable bonds is 3. The lowest BCUT2D eigenvalue weighted by Crippen LogP contribution is -2.20. The smallest absolute Gasteiger partial charge is 0.00731 e. The number of thioether (sulfide) groups is 1. The molecule has 2 N–H and O–H groups in total. The summed E-state index contributed by atoms with van der Waals surface area (Å²) in [6.07, 6.45) is 5.49. The van der Waals surface area contributed by atoms with Crippen molar-refractivity contribution in [2.24, 2.45) is 11.7 Å².